The molecule has 0 radical (unpaired) electrons. The monoisotopic (exact) mass is 388 g/mol. The minimum absolute atomic E-state index is 0.0196. The van der Waals surface area contributed by atoms with E-state index in [-0.39, 0.29) is 32.9 Å². The lowest BCUT2D eigenvalue weighted by Gasteiger charge is -2.11. The number of hydrogen-bond acceptors (Lipinski definition) is 7. The Labute approximate surface area is 155 Å². The highest BCUT2D eigenvalue weighted by Gasteiger charge is 2.26. The summed E-state index contributed by atoms with van der Waals surface area (Å²) in [6.45, 7) is 0. The summed E-state index contributed by atoms with van der Waals surface area (Å²) < 4.78 is 0. The summed E-state index contributed by atoms with van der Waals surface area (Å²) in [5, 5.41) is 36.7. The number of rotatable bonds is 5. The van der Waals surface area contributed by atoms with Gasteiger partial charge in [-0.2, -0.15) is 0 Å². The van der Waals surface area contributed by atoms with E-state index in [1.54, 1.807) is 12.1 Å². The van der Waals surface area contributed by atoms with Gasteiger partial charge in [-0.3, -0.25) is 30.3 Å². The van der Waals surface area contributed by atoms with Crippen molar-refractivity contribution in [1.29, 1.82) is 0 Å². The Bertz CT molecular complexity index is 1120. The van der Waals surface area contributed by atoms with Gasteiger partial charge in [0.15, 0.2) is 0 Å². The number of fused-ring (bicyclic) bond motifs is 1. The van der Waals surface area contributed by atoms with Crippen molar-refractivity contribution in [2.75, 3.05) is 5.32 Å². The summed E-state index contributed by atoms with van der Waals surface area (Å²) in [5.41, 5.74) is -0.941. The highest BCUT2D eigenvalue weighted by molar-refractivity contribution is 6.33. The molecular formula is C16H9ClN4O6. The van der Waals surface area contributed by atoms with Gasteiger partial charge in [-0.1, -0.05) is 29.8 Å². The van der Waals surface area contributed by atoms with Crippen molar-refractivity contribution in [2.24, 2.45) is 0 Å². The van der Waals surface area contributed by atoms with Crippen molar-refractivity contribution in [3.8, 4) is 0 Å². The highest BCUT2D eigenvalue weighted by Crippen LogP contribution is 2.41. The molecule has 0 bridgehead atoms. The SMILES string of the molecule is O=[N+]([O-])c1ccc(Nc2c([N+](=O)[O-])cc([N+](=O)[O-])c3ccccc23)cc1Cl. The van der Waals surface area contributed by atoms with E-state index in [2.05, 4.69) is 5.32 Å². The molecule has 11 heteroatoms. The number of non-ortho nitro benzene ring substituents is 1. The fourth-order valence-electron chi connectivity index (χ4n) is 2.65. The molecule has 136 valence electrons. The van der Waals surface area contributed by atoms with Crippen LogP contribution in [-0.2, 0) is 0 Å². The van der Waals surface area contributed by atoms with E-state index >= 15 is 0 Å². The zero-order valence-corrected chi connectivity index (χ0v) is 14.0. The second-order valence-corrected chi connectivity index (χ2v) is 5.81. The van der Waals surface area contributed by atoms with Crippen molar-refractivity contribution in [3.05, 3.63) is 83.9 Å². The number of halogens is 1. The molecule has 3 aromatic rings. The minimum atomic E-state index is -0.741. The number of nitro groups is 3. The summed E-state index contributed by atoms with van der Waals surface area (Å²) in [5.74, 6) is 0. The summed E-state index contributed by atoms with van der Waals surface area (Å²) in [4.78, 5) is 31.5. The molecule has 3 aromatic carbocycles. The van der Waals surface area contributed by atoms with E-state index in [1.165, 1.54) is 24.3 Å². The van der Waals surface area contributed by atoms with Gasteiger partial charge in [0, 0.05) is 17.1 Å². The number of nitrogens with one attached hydrogen (secondary N) is 1. The molecular weight excluding hydrogens is 380 g/mol. The van der Waals surface area contributed by atoms with Gasteiger partial charge in [-0.15, -0.1) is 0 Å². The van der Waals surface area contributed by atoms with Crippen LogP contribution in [0.15, 0.2) is 48.5 Å². The van der Waals surface area contributed by atoms with Gasteiger partial charge in [-0.05, 0) is 18.2 Å². The molecule has 0 aliphatic heterocycles. The Morgan fingerprint density at radius 2 is 1.33 bits per heavy atom. The second kappa shape index (κ2) is 6.84. The number of anilines is 2. The first kappa shape index (κ1) is 18.0. The Morgan fingerprint density at radius 1 is 0.741 bits per heavy atom. The Morgan fingerprint density at radius 3 is 1.89 bits per heavy atom. The molecule has 0 fully saturated rings. The van der Waals surface area contributed by atoms with Gasteiger partial charge in [0.25, 0.3) is 17.1 Å². The molecule has 0 heterocycles. The van der Waals surface area contributed by atoms with Gasteiger partial charge in [0.2, 0.25) is 0 Å². The summed E-state index contributed by atoms with van der Waals surface area (Å²) in [7, 11) is 0. The molecule has 3 rings (SSSR count). The molecule has 0 unspecified atom stereocenters. The van der Waals surface area contributed by atoms with Crippen LogP contribution < -0.4 is 5.32 Å². The van der Waals surface area contributed by atoms with Crippen LogP contribution in [0.3, 0.4) is 0 Å². The molecule has 27 heavy (non-hydrogen) atoms. The zero-order chi connectivity index (χ0) is 19.7. The quantitative estimate of drug-likeness (QED) is 0.480. The van der Waals surface area contributed by atoms with Crippen LogP contribution in [-0.4, -0.2) is 14.8 Å². The lowest BCUT2D eigenvalue weighted by molar-refractivity contribution is -0.392. The third-order valence-electron chi connectivity index (χ3n) is 3.81. The molecule has 1 N–H and O–H groups in total. The molecule has 0 atom stereocenters. The molecule has 0 aliphatic carbocycles. The fraction of sp³-hybridized carbons (Fsp3) is 0. The molecule has 0 spiro atoms. The standard InChI is InChI=1S/C16H9ClN4O6/c17-12-7-9(5-6-13(12)19(22)23)18-16-11-4-2-1-3-10(11)14(20(24)25)8-15(16)21(26)27/h1-8,18H. The molecule has 10 nitrogen and oxygen atoms in total. The second-order valence-electron chi connectivity index (χ2n) is 5.40. The van der Waals surface area contributed by atoms with E-state index in [1.807, 2.05) is 0 Å². The topological polar surface area (TPSA) is 141 Å². The maximum Gasteiger partial charge on any atom is 0.300 e. The summed E-state index contributed by atoms with van der Waals surface area (Å²) >= 11 is 5.87. The molecule has 0 saturated heterocycles. The van der Waals surface area contributed by atoms with Crippen LogP contribution in [0.25, 0.3) is 10.8 Å². The van der Waals surface area contributed by atoms with Gasteiger partial charge >= 0.3 is 0 Å². The van der Waals surface area contributed by atoms with Crippen LogP contribution >= 0.6 is 11.6 Å². The third kappa shape index (κ3) is 3.33. The number of benzene rings is 3. The maximum atomic E-state index is 11.5. The van der Waals surface area contributed by atoms with Crippen molar-refractivity contribution >= 4 is 50.8 Å². The first-order chi connectivity index (χ1) is 12.8. The van der Waals surface area contributed by atoms with Crippen LogP contribution in [0.1, 0.15) is 0 Å². The fourth-order valence-corrected chi connectivity index (χ4v) is 2.89. The van der Waals surface area contributed by atoms with Crippen LogP contribution in [0, 0.1) is 30.3 Å². The largest absolute Gasteiger partial charge is 0.349 e. The highest BCUT2D eigenvalue weighted by atomic mass is 35.5. The van der Waals surface area contributed by atoms with Gasteiger partial charge in [0.05, 0.1) is 26.2 Å². The minimum Gasteiger partial charge on any atom is -0.349 e. The van der Waals surface area contributed by atoms with E-state index < -0.39 is 26.1 Å². The van der Waals surface area contributed by atoms with E-state index in [4.69, 9.17) is 11.6 Å². The van der Waals surface area contributed by atoms with Crippen molar-refractivity contribution in [2.45, 2.75) is 0 Å². The predicted octanol–water partition coefficient (Wildman–Crippen LogP) is 4.96. The van der Waals surface area contributed by atoms with E-state index in [0.29, 0.717) is 0 Å². The van der Waals surface area contributed by atoms with Crippen LogP contribution in [0.4, 0.5) is 28.4 Å². The van der Waals surface area contributed by atoms with Gasteiger partial charge in [0.1, 0.15) is 10.7 Å². The predicted molar refractivity (Wildman–Crippen MR) is 98.6 cm³/mol. The smallest absolute Gasteiger partial charge is 0.300 e. The van der Waals surface area contributed by atoms with Crippen LogP contribution in [0.2, 0.25) is 5.02 Å². The number of hydrogen-bond donors (Lipinski definition) is 1. The Kier molecular flexibility index (Phi) is 4.57. The lowest BCUT2D eigenvalue weighted by atomic mass is 10.0. The maximum absolute atomic E-state index is 11.5. The van der Waals surface area contributed by atoms with E-state index in [0.717, 1.165) is 12.1 Å². The molecule has 0 amide bonds. The van der Waals surface area contributed by atoms with Crippen molar-refractivity contribution in [3.63, 3.8) is 0 Å². The van der Waals surface area contributed by atoms with Crippen molar-refractivity contribution < 1.29 is 14.8 Å². The van der Waals surface area contributed by atoms with Crippen molar-refractivity contribution in [1.82, 2.24) is 0 Å². The zero-order valence-electron chi connectivity index (χ0n) is 13.3. The molecule has 0 aromatic heterocycles. The summed E-state index contributed by atoms with van der Waals surface area (Å²) in [6.07, 6.45) is 0. The molecule has 0 saturated carbocycles. The first-order valence-corrected chi connectivity index (χ1v) is 7.73. The normalized spacial score (nSPS) is 10.6. The average Bonchev–Trinajstić information content (AvgIpc) is 2.61. The van der Waals surface area contributed by atoms with E-state index in [9.17, 15) is 30.3 Å². The Balaban J connectivity index is 2.22. The lowest BCUT2D eigenvalue weighted by Crippen LogP contribution is -2.01. The van der Waals surface area contributed by atoms with Crippen LogP contribution in [0.5, 0.6) is 0 Å². The van der Waals surface area contributed by atoms with Gasteiger partial charge < -0.3 is 5.32 Å². The Hall–Kier alpha value is -3.79. The number of nitro benzene ring substituents is 3. The third-order valence-corrected chi connectivity index (χ3v) is 4.11. The summed E-state index contributed by atoms with van der Waals surface area (Å²) in [6, 6.07) is 10.8. The first-order valence-electron chi connectivity index (χ1n) is 7.35. The average molecular weight is 389 g/mol. The molecule has 0 aliphatic rings. The number of nitrogens with zero attached hydrogens (tertiary/aromatic N) is 3. The van der Waals surface area contributed by atoms with Gasteiger partial charge in [-0.25, -0.2) is 0 Å².